The molecule has 1 N–H and O–H groups in total. The number of fused-ring (bicyclic) bond motifs is 1. The molecule has 0 aliphatic heterocycles. The van der Waals surface area contributed by atoms with E-state index >= 15 is 0 Å². The van der Waals surface area contributed by atoms with Crippen LogP contribution in [-0.4, -0.2) is 23.0 Å². The Morgan fingerprint density at radius 2 is 1.96 bits per heavy atom. The molecule has 0 radical (unpaired) electrons. The van der Waals surface area contributed by atoms with Crippen LogP contribution in [0.15, 0.2) is 53.4 Å². The number of thiazole rings is 2. The third-order valence-electron chi connectivity index (χ3n) is 3.70. The molecule has 7 heteroatoms. The summed E-state index contributed by atoms with van der Waals surface area (Å²) >= 11 is 2.91. The van der Waals surface area contributed by atoms with Crippen LogP contribution < -0.4 is 10.1 Å². The van der Waals surface area contributed by atoms with Gasteiger partial charge in [-0.3, -0.25) is 10.1 Å². The molecule has 0 spiro atoms. The van der Waals surface area contributed by atoms with Crippen molar-refractivity contribution in [2.45, 2.75) is 0 Å². The first-order valence-electron chi connectivity index (χ1n) is 7.47. The van der Waals surface area contributed by atoms with Gasteiger partial charge in [0.25, 0.3) is 5.91 Å². The van der Waals surface area contributed by atoms with E-state index in [2.05, 4.69) is 15.3 Å². The first-order chi connectivity index (χ1) is 12.2. The van der Waals surface area contributed by atoms with Crippen LogP contribution in [0.3, 0.4) is 0 Å². The molecule has 2 aromatic carbocycles. The number of rotatable bonds is 4. The fourth-order valence-corrected chi connectivity index (χ4v) is 3.82. The molecule has 0 unspecified atom stereocenters. The van der Waals surface area contributed by atoms with E-state index in [1.807, 2.05) is 41.8 Å². The van der Waals surface area contributed by atoms with Gasteiger partial charge in [0.2, 0.25) is 0 Å². The summed E-state index contributed by atoms with van der Waals surface area (Å²) in [7, 11) is 1.63. The van der Waals surface area contributed by atoms with Crippen LogP contribution >= 0.6 is 22.7 Å². The maximum absolute atomic E-state index is 12.4. The Hall–Kier alpha value is -2.77. The van der Waals surface area contributed by atoms with Gasteiger partial charge < -0.3 is 4.74 Å². The van der Waals surface area contributed by atoms with Crippen molar-refractivity contribution >= 4 is 43.9 Å². The van der Waals surface area contributed by atoms with Gasteiger partial charge in [-0.05, 0) is 42.5 Å². The Morgan fingerprint density at radius 3 is 2.76 bits per heavy atom. The van der Waals surface area contributed by atoms with Crippen molar-refractivity contribution in [2.75, 3.05) is 12.4 Å². The van der Waals surface area contributed by atoms with Gasteiger partial charge in [0.15, 0.2) is 5.13 Å². The predicted octanol–water partition coefficient (Wildman–Crippen LogP) is 4.68. The SMILES string of the molecule is COc1ccc(-c2csc(NC(=O)c3ccc4ncsc4c3)n2)cc1. The number of carbonyl (C=O) groups excluding carboxylic acids is 1. The number of amides is 1. The summed E-state index contributed by atoms with van der Waals surface area (Å²) in [6.07, 6.45) is 0. The summed E-state index contributed by atoms with van der Waals surface area (Å²) < 4.78 is 6.15. The molecule has 0 saturated carbocycles. The summed E-state index contributed by atoms with van der Waals surface area (Å²) in [6, 6.07) is 13.1. The van der Waals surface area contributed by atoms with Gasteiger partial charge in [-0.2, -0.15) is 0 Å². The molecule has 2 aromatic heterocycles. The second-order valence-corrected chi connectivity index (χ2v) is 7.00. The van der Waals surface area contributed by atoms with Crippen LogP contribution in [0.4, 0.5) is 5.13 Å². The lowest BCUT2D eigenvalue weighted by Crippen LogP contribution is -2.11. The van der Waals surface area contributed by atoms with E-state index < -0.39 is 0 Å². The second kappa shape index (κ2) is 6.62. The third-order valence-corrected chi connectivity index (χ3v) is 5.25. The molecule has 0 saturated heterocycles. The number of benzene rings is 2. The zero-order valence-electron chi connectivity index (χ0n) is 13.2. The van der Waals surface area contributed by atoms with Gasteiger partial charge in [-0.15, -0.1) is 22.7 Å². The van der Waals surface area contributed by atoms with E-state index in [1.165, 1.54) is 22.7 Å². The Bertz CT molecular complexity index is 1040. The molecule has 1 amide bonds. The Balaban J connectivity index is 1.52. The summed E-state index contributed by atoms with van der Waals surface area (Å²) in [6.45, 7) is 0. The molecule has 0 bridgehead atoms. The lowest BCUT2D eigenvalue weighted by atomic mass is 10.2. The largest absolute Gasteiger partial charge is 0.497 e. The van der Waals surface area contributed by atoms with Gasteiger partial charge in [-0.25, -0.2) is 9.97 Å². The number of ether oxygens (including phenoxy) is 1. The summed E-state index contributed by atoms with van der Waals surface area (Å²) in [5.41, 5.74) is 5.06. The first kappa shape index (κ1) is 15.7. The molecular formula is C18H13N3O2S2. The number of hydrogen-bond donors (Lipinski definition) is 1. The van der Waals surface area contributed by atoms with Crippen LogP contribution in [0.1, 0.15) is 10.4 Å². The lowest BCUT2D eigenvalue weighted by molar-refractivity contribution is 0.102. The Morgan fingerprint density at radius 1 is 1.12 bits per heavy atom. The minimum absolute atomic E-state index is 0.175. The molecule has 25 heavy (non-hydrogen) atoms. The standard InChI is InChI=1S/C18H13N3O2S2/c1-23-13-5-2-11(3-6-13)15-9-24-18(20-15)21-17(22)12-4-7-14-16(8-12)25-10-19-14/h2-10H,1H3,(H,20,21,22). The van der Waals surface area contributed by atoms with Gasteiger partial charge >= 0.3 is 0 Å². The van der Waals surface area contributed by atoms with Crippen molar-refractivity contribution in [3.05, 3.63) is 58.9 Å². The predicted molar refractivity (Wildman–Crippen MR) is 102 cm³/mol. The quantitative estimate of drug-likeness (QED) is 0.569. The number of anilines is 1. The third kappa shape index (κ3) is 3.24. The van der Waals surface area contributed by atoms with Gasteiger partial charge in [0, 0.05) is 16.5 Å². The molecule has 0 fully saturated rings. The van der Waals surface area contributed by atoms with Crippen LogP contribution in [0.25, 0.3) is 21.5 Å². The van der Waals surface area contributed by atoms with E-state index in [1.54, 1.807) is 18.7 Å². The van der Waals surface area contributed by atoms with E-state index in [4.69, 9.17) is 4.74 Å². The smallest absolute Gasteiger partial charge is 0.257 e. The van der Waals surface area contributed by atoms with Gasteiger partial charge in [0.1, 0.15) is 5.75 Å². The number of methoxy groups -OCH3 is 1. The number of nitrogens with one attached hydrogen (secondary N) is 1. The minimum atomic E-state index is -0.175. The fourth-order valence-electron chi connectivity index (χ4n) is 2.39. The molecule has 5 nitrogen and oxygen atoms in total. The van der Waals surface area contributed by atoms with E-state index in [0.717, 1.165) is 27.2 Å². The monoisotopic (exact) mass is 367 g/mol. The maximum Gasteiger partial charge on any atom is 0.257 e. The van der Waals surface area contributed by atoms with E-state index in [-0.39, 0.29) is 5.91 Å². The van der Waals surface area contributed by atoms with Gasteiger partial charge in [-0.1, -0.05) is 0 Å². The van der Waals surface area contributed by atoms with Crippen LogP contribution in [0.5, 0.6) is 5.75 Å². The van der Waals surface area contributed by atoms with Crippen molar-refractivity contribution in [1.82, 2.24) is 9.97 Å². The van der Waals surface area contributed by atoms with E-state index in [9.17, 15) is 4.79 Å². The number of nitrogens with zero attached hydrogens (tertiary/aromatic N) is 2. The van der Waals surface area contributed by atoms with Crippen molar-refractivity contribution in [3.63, 3.8) is 0 Å². The Labute approximate surface area is 152 Å². The Kier molecular flexibility index (Phi) is 4.17. The van der Waals surface area contributed by atoms with Gasteiger partial charge in [0.05, 0.1) is 28.5 Å². The van der Waals surface area contributed by atoms with E-state index in [0.29, 0.717) is 10.7 Å². The first-order valence-corrected chi connectivity index (χ1v) is 9.23. The molecule has 4 rings (SSSR count). The number of carbonyl (C=O) groups is 1. The molecule has 0 aliphatic carbocycles. The highest BCUT2D eigenvalue weighted by Crippen LogP contribution is 2.27. The number of aromatic nitrogens is 2. The normalized spacial score (nSPS) is 10.8. The molecule has 0 aliphatic rings. The molecule has 2 heterocycles. The van der Waals surface area contributed by atoms with Crippen LogP contribution in [0.2, 0.25) is 0 Å². The lowest BCUT2D eigenvalue weighted by Gasteiger charge is -2.02. The minimum Gasteiger partial charge on any atom is -0.497 e. The number of hydrogen-bond acceptors (Lipinski definition) is 6. The van der Waals surface area contributed by atoms with Crippen molar-refractivity contribution in [3.8, 4) is 17.0 Å². The van der Waals surface area contributed by atoms with Crippen molar-refractivity contribution in [1.29, 1.82) is 0 Å². The molecule has 124 valence electrons. The maximum atomic E-state index is 12.4. The average molecular weight is 367 g/mol. The van der Waals surface area contributed by atoms with Crippen molar-refractivity contribution < 1.29 is 9.53 Å². The van der Waals surface area contributed by atoms with Crippen LogP contribution in [0, 0.1) is 0 Å². The zero-order valence-corrected chi connectivity index (χ0v) is 14.9. The summed E-state index contributed by atoms with van der Waals surface area (Å²) in [5, 5.41) is 5.35. The highest BCUT2D eigenvalue weighted by molar-refractivity contribution is 7.16. The highest BCUT2D eigenvalue weighted by Gasteiger charge is 2.11. The molecule has 4 aromatic rings. The fraction of sp³-hybridized carbons (Fsp3) is 0.0556. The van der Waals surface area contributed by atoms with Crippen molar-refractivity contribution in [2.24, 2.45) is 0 Å². The zero-order chi connectivity index (χ0) is 17.2. The summed E-state index contributed by atoms with van der Waals surface area (Å²) in [4.78, 5) is 21.1. The molecule has 0 atom stereocenters. The molecular weight excluding hydrogens is 354 g/mol. The van der Waals surface area contributed by atoms with Crippen LogP contribution in [-0.2, 0) is 0 Å². The topological polar surface area (TPSA) is 64.1 Å². The summed E-state index contributed by atoms with van der Waals surface area (Å²) in [5.74, 6) is 0.622. The average Bonchev–Trinajstić information content (AvgIpc) is 3.30. The second-order valence-electron chi connectivity index (χ2n) is 5.26. The highest BCUT2D eigenvalue weighted by atomic mass is 32.1.